The summed E-state index contributed by atoms with van der Waals surface area (Å²) in [7, 11) is 1.53. The number of aromatic hydroxyl groups is 1. The number of benzene rings is 3. The fourth-order valence-electron chi connectivity index (χ4n) is 4.08. The number of carbonyl (C=O) groups excluding carboxylic acids is 2. The number of anilines is 1. The van der Waals surface area contributed by atoms with Gasteiger partial charge in [0.2, 0.25) is 5.78 Å². The molecule has 5 rings (SSSR count). The maximum absolute atomic E-state index is 13.6. The molecule has 1 amide bonds. The van der Waals surface area contributed by atoms with E-state index >= 15 is 0 Å². The summed E-state index contributed by atoms with van der Waals surface area (Å²) in [6.45, 7) is 0. The van der Waals surface area contributed by atoms with E-state index < -0.39 is 23.5 Å². The highest BCUT2D eigenvalue weighted by Crippen LogP contribution is 2.43. The quantitative estimate of drug-likeness (QED) is 0.365. The molecule has 3 aromatic carbocycles. The van der Waals surface area contributed by atoms with E-state index in [0.29, 0.717) is 33.0 Å². The normalized spacial score (nSPS) is 15.9. The van der Waals surface area contributed by atoms with Crippen molar-refractivity contribution in [2.75, 3.05) is 12.0 Å². The number of aliphatic hydroxyl groups excluding tert-OH is 1. The molecule has 1 unspecified atom stereocenters. The van der Waals surface area contributed by atoms with E-state index in [9.17, 15) is 19.8 Å². The molecule has 0 aliphatic carbocycles. The lowest BCUT2D eigenvalue weighted by Crippen LogP contribution is -2.31. The van der Waals surface area contributed by atoms with Gasteiger partial charge in [-0.05, 0) is 66.2 Å². The zero-order valence-electron chi connectivity index (χ0n) is 17.9. The molecule has 0 saturated carbocycles. The van der Waals surface area contributed by atoms with Crippen molar-refractivity contribution >= 4 is 39.9 Å². The molecule has 2 N–H and O–H groups in total. The summed E-state index contributed by atoms with van der Waals surface area (Å²) in [4.78, 5) is 28.1. The molecule has 0 radical (unpaired) electrons. The first-order chi connectivity index (χ1) is 16.4. The number of phenols is 1. The van der Waals surface area contributed by atoms with Gasteiger partial charge in [0.05, 0.1) is 18.7 Å². The molecule has 0 bridgehead atoms. The van der Waals surface area contributed by atoms with Gasteiger partial charge in [0.1, 0.15) is 17.1 Å². The number of hydrogen-bond donors (Lipinski definition) is 2. The summed E-state index contributed by atoms with van der Waals surface area (Å²) in [6, 6.07) is 18.3. The summed E-state index contributed by atoms with van der Waals surface area (Å²) in [5, 5.41) is 21.7. The number of carbonyl (C=O) groups is 2. The van der Waals surface area contributed by atoms with Crippen LogP contribution in [0, 0.1) is 0 Å². The summed E-state index contributed by atoms with van der Waals surface area (Å²) in [6.07, 6.45) is 0. The van der Waals surface area contributed by atoms with Gasteiger partial charge in [0, 0.05) is 16.1 Å². The molecule has 2 heterocycles. The molecule has 0 fully saturated rings. The molecule has 170 valence electrons. The maximum Gasteiger partial charge on any atom is 0.294 e. The Kier molecular flexibility index (Phi) is 5.26. The fraction of sp³-hybridized carbons (Fsp3) is 0.0769. The SMILES string of the molecule is COc1ccc(N2C(=O)C(O)=C(C(=O)c3cc4cc(Cl)ccc4o3)C2c2ccc(O)cc2)cc1. The monoisotopic (exact) mass is 475 g/mol. The number of phenolic OH excluding ortho intramolecular Hbond substituents is 1. The van der Waals surface area contributed by atoms with Crippen molar-refractivity contribution in [2.24, 2.45) is 0 Å². The van der Waals surface area contributed by atoms with Crippen LogP contribution >= 0.6 is 11.6 Å². The summed E-state index contributed by atoms with van der Waals surface area (Å²) in [5.74, 6) is -1.45. The Bertz CT molecular complexity index is 1450. The van der Waals surface area contributed by atoms with Crippen molar-refractivity contribution in [3.05, 3.63) is 100 Å². The lowest BCUT2D eigenvalue weighted by atomic mass is 9.94. The van der Waals surface area contributed by atoms with Gasteiger partial charge in [-0.25, -0.2) is 0 Å². The van der Waals surface area contributed by atoms with E-state index in [0.717, 1.165) is 0 Å². The van der Waals surface area contributed by atoms with E-state index in [4.69, 9.17) is 20.8 Å². The molecule has 1 aliphatic heterocycles. The van der Waals surface area contributed by atoms with Gasteiger partial charge >= 0.3 is 0 Å². The van der Waals surface area contributed by atoms with Crippen molar-refractivity contribution in [3.63, 3.8) is 0 Å². The van der Waals surface area contributed by atoms with Gasteiger partial charge in [-0.2, -0.15) is 0 Å². The first-order valence-corrected chi connectivity index (χ1v) is 10.7. The summed E-state index contributed by atoms with van der Waals surface area (Å²) in [5.41, 5.74) is 1.30. The van der Waals surface area contributed by atoms with Crippen LogP contribution < -0.4 is 9.64 Å². The van der Waals surface area contributed by atoms with Crippen molar-refractivity contribution in [1.29, 1.82) is 0 Å². The number of rotatable bonds is 5. The van der Waals surface area contributed by atoms with Gasteiger partial charge in [-0.3, -0.25) is 14.5 Å². The van der Waals surface area contributed by atoms with Crippen LogP contribution in [0.3, 0.4) is 0 Å². The Morgan fingerprint density at radius 2 is 1.71 bits per heavy atom. The van der Waals surface area contributed by atoms with Crippen LogP contribution in [-0.2, 0) is 4.79 Å². The van der Waals surface area contributed by atoms with Crippen LogP contribution in [-0.4, -0.2) is 29.0 Å². The Morgan fingerprint density at radius 3 is 2.38 bits per heavy atom. The molecule has 0 saturated heterocycles. The van der Waals surface area contributed by atoms with Gasteiger partial charge in [0.25, 0.3) is 5.91 Å². The largest absolute Gasteiger partial charge is 0.508 e. The second-order valence-corrected chi connectivity index (χ2v) is 8.19. The number of Topliss-reactive ketones (excluding diaryl/α,β-unsaturated/α-hetero) is 1. The third-order valence-electron chi connectivity index (χ3n) is 5.71. The first-order valence-electron chi connectivity index (χ1n) is 10.3. The predicted molar refractivity (Wildman–Crippen MR) is 127 cm³/mol. The third-order valence-corrected chi connectivity index (χ3v) is 5.95. The van der Waals surface area contributed by atoms with Gasteiger partial charge in [-0.15, -0.1) is 0 Å². The second kappa shape index (κ2) is 8.28. The van der Waals surface area contributed by atoms with E-state index in [2.05, 4.69) is 0 Å². The Balaban J connectivity index is 1.64. The smallest absolute Gasteiger partial charge is 0.294 e. The minimum Gasteiger partial charge on any atom is -0.508 e. The molecule has 1 atom stereocenters. The highest BCUT2D eigenvalue weighted by Gasteiger charge is 2.45. The van der Waals surface area contributed by atoms with Gasteiger partial charge in [-0.1, -0.05) is 23.7 Å². The number of furan rings is 1. The molecule has 8 heteroatoms. The molecule has 34 heavy (non-hydrogen) atoms. The molecule has 0 spiro atoms. The van der Waals surface area contributed by atoms with Crippen LogP contribution in [0.5, 0.6) is 11.5 Å². The van der Waals surface area contributed by atoms with E-state index in [1.807, 2.05) is 0 Å². The highest BCUT2D eigenvalue weighted by molar-refractivity contribution is 6.31. The average molecular weight is 476 g/mol. The number of nitrogens with zero attached hydrogens (tertiary/aromatic N) is 1. The Labute approximate surface area is 199 Å². The van der Waals surface area contributed by atoms with E-state index in [1.54, 1.807) is 54.6 Å². The van der Waals surface area contributed by atoms with E-state index in [-0.39, 0.29) is 17.1 Å². The van der Waals surface area contributed by atoms with Crippen molar-refractivity contribution < 1.29 is 29.0 Å². The lowest BCUT2D eigenvalue weighted by Gasteiger charge is -2.27. The summed E-state index contributed by atoms with van der Waals surface area (Å²) >= 11 is 6.04. The molecule has 4 aromatic rings. The molecule has 1 aromatic heterocycles. The first kappa shape index (κ1) is 21.6. The van der Waals surface area contributed by atoms with Crippen LogP contribution in [0.2, 0.25) is 5.02 Å². The maximum atomic E-state index is 13.6. The van der Waals surface area contributed by atoms with Crippen LogP contribution in [0.25, 0.3) is 11.0 Å². The zero-order chi connectivity index (χ0) is 24.0. The molecule has 1 aliphatic rings. The number of fused-ring (bicyclic) bond motifs is 1. The molecule has 7 nitrogen and oxygen atoms in total. The molecular weight excluding hydrogens is 458 g/mol. The van der Waals surface area contributed by atoms with Crippen molar-refractivity contribution in [1.82, 2.24) is 0 Å². The predicted octanol–water partition coefficient (Wildman–Crippen LogP) is 5.58. The number of hydrogen-bond acceptors (Lipinski definition) is 6. The number of halogens is 1. The minimum atomic E-state index is -0.953. The minimum absolute atomic E-state index is 0.0271. The summed E-state index contributed by atoms with van der Waals surface area (Å²) < 4.78 is 10.9. The number of aliphatic hydroxyl groups is 1. The second-order valence-electron chi connectivity index (χ2n) is 7.75. The van der Waals surface area contributed by atoms with Gasteiger partial charge in [0.15, 0.2) is 11.5 Å². The highest BCUT2D eigenvalue weighted by atomic mass is 35.5. The fourth-order valence-corrected chi connectivity index (χ4v) is 4.26. The van der Waals surface area contributed by atoms with Crippen LogP contribution in [0.4, 0.5) is 5.69 Å². The van der Waals surface area contributed by atoms with Gasteiger partial charge < -0.3 is 19.4 Å². The van der Waals surface area contributed by atoms with Crippen LogP contribution in [0.1, 0.15) is 22.2 Å². The topological polar surface area (TPSA) is 100 Å². The van der Waals surface area contributed by atoms with E-state index in [1.165, 1.54) is 30.2 Å². The third kappa shape index (κ3) is 3.56. The number of ether oxygens (including phenoxy) is 1. The zero-order valence-corrected chi connectivity index (χ0v) is 18.6. The van der Waals surface area contributed by atoms with Crippen LogP contribution in [0.15, 0.2) is 88.5 Å². The number of amides is 1. The Hall–Kier alpha value is -4.23. The number of methoxy groups -OCH3 is 1. The Morgan fingerprint density at radius 1 is 1.00 bits per heavy atom. The van der Waals surface area contributed by atoms with Crippen molar-refractivity contribution in [3.8, 4) is 11.5 Å². The van der Waals surface area contributed by atoms with Crippen molar-refractivity contribution in [2.45, 2.75) is 6.04 Å². The lowest BCUT2D eigenvalue weighted by molar-refractivity contribution is -0.117. The average Bonchev–Trinajstić information content (AvgIpc) is 3.38. The standard InChI is InChI=1S/C26H18ClNO6/c1-33-19-9-5-17(6-10-19)28-23(14-2-7-18(29)8-3-14)22(25(31)26(28)32)24(30)21-13-15-12-16(27)4-11-20(15)34-21/h2-13,23,29,31H,1H3. The number of ketones is 1. The molecular formula is C26H18ClNO6.